The largest absolute Gasteiger partial charge is 0.296 e. The molecule has 9 heteroatoms. The van der Waals surface area contributed by atoms with Gasteiger partial charge in [-0.2, -0.15) is 4.31 Å². The molecule has 0 atom stereocenters. The molecule has 1 aliphatic heterocycles. The molecule has 3 aromatic rings. The number of piperazine rings is 1. The molecule has 2 heterocycles. The third-order valence-corrected chi connectivity index (χ3v) is 7.85. The van der Waals surface area contributed by atoms with Crippen molar-refractivity contribution in [1.82, 2.24) is 14.2 Å². The maximum Gasteiger partial charge on any atom is 0.246 e. The minimum absolute atomic E-state index is 0.0582. The predicted octanol–water partition coefficient (Wildman–Crippen LogP) is 4.19. The van der Waals surface area contributed by atoms with Crippen LogP contribution in [0.1, 0.15) is 5.56 Å². The fourth-order valence-corrected chi connectivity index (χ4v) is 6.09. The van der Waals surface area contributed by atoms with Crippen LogP contribution < -0.4 is 0 Å². The zero-order chi connectivity index (χ0) is 20.6. The number of sulfonamides is 1. The van der Waals surface area contributed by atoms with E-state index in [-0.39, 0.29) is 20.8 Å². The van der Waals surface area contributed by atoms with Gasteiger partial charge < -0.3 is 0 Å². The Labute approximate surface area is 178 Å². The van der Waals surface area contributed by atoms with Crippen molar-refractivity contribution in [3.63, 3.8) is 0 Å². The van der Waals surface area contributed by atoms with E-state index in [1.54, 1.807) is 18.3 Å². The van der Waals surface area contributed by atoms with Crippen molar-refractivity contribution >= 4 is 44.1 Å². The second kappa shape index (κ2) is 8.16. The molecule has 0 unspecified atom stereocenters. The van der Waals surface area contributed by atoms with E-state index < -0.39 is 10.0 Å². The lowest BCUT2D eigenvalue weighted by Crippen LogP contribution is -2.48. The van der Waals surface area contributed by atoms with Gasteiger partial charge in [-0.15, -0.1) is 0 Å². The summed E-state index contributed by atoms with van der Waals surface area (Å²) in [7, 11) is -3.79. The molecule has 5 nitrogen and oxygen atoms in total. The van der Waals surface area contributed by atoms with Crippen LogP contribution in [0.3, 0.4) is 0 Å². The third-order valence-electron chi connectivity index (χ3n) is 4.99. The van der Waals surface area contributed by atoms with Crippen molar-refractivity contribution in [3.05, 3.63) is 70.1 Å². The first-order chi connectivity index (χ1) is 13.9. The van der Waals surface area contributed by atoms with Crippen molar-refractivity contribution in [1.29, 1.82) is 0 Å². The van der Waals surface area contributed by atoms with Gasteiger partial charge in [0, 0.05) is 44.3 Å². The maximum atomic E-state index is 14.0. The zero-order valence-corrected chi connectivity index (χ0v) is 17.7. The van der Waals surface area contributed by atoms with Crippen molar-refractivity contribution in [2.24, 2.45) is 0 Å². The fourth-order valence-electron chi connectivity index (χ4n) is 3.58. The molecule has 4 rings (SSSR count). The summed E-state index contributed by atoms with van der Waals surface area (Å²) in [6, 6.07) is 11.2. The van der Waals surface area contributed by atoms with Gasteiger partial charge >= 0.3 is 0 Å². The normalized spacial score (nSPS) is 16.4. The molecule has 0 aliphatic carbocycles. The standard InChI is InChI=1S/C20H18Cl2FN3O2S/c21-17-4-1-5-18(22)20(17)29(27,28)26-9-7-25(8-10-26)13-15-12-16(23)11-14-3-2-6-24-19(14)15/h1-6,11-12H,7-10,13H2. The summed E-state index contributed by atoms with van der Waals surface area (Å²) in [5, 5.41) is 0.964. The Morgan fingerprint density at radius 2 is 1.69 bits per heavy atom. The second-order valence-electron chi connectivity index (χ2n) is 6.87. The molecule has 0 spiro atoms. The molecule has 0 N–H and O–H groups in total. The van der Waals surface area contributed by atoms with E-state index in [0.29, 0.717) is 32.7 Å². The molecule has 0 bridgehead atoms. The van der Waals surface area contributed by atoms with E-state index >= 15 is 0 Å². The summed E-state index contributed by atoms with van der Waals surface area (Å²) in [4.78, 5) is 6.40. The van der Waals surface area contributed by atoms with Gasteiger partial charge in [0.25, 0.3) is 0 Å². The van der Waals surface area contributed by atoms with Crippen molar-refractivity contribution < 1.29 is 12.8 Å². The van der Waals surface area contributed by atoms with Crippen LogP contribution in [0.5, 0.6) is 0 Å². The van der Waals surface area contributed by atoms with E-state index in [1.807, 2.05) is 6.07 Å². The van der Waals surface area contributed by atoms with Crippen LogP contribution in [0.4, 0.5) is 4.39 Å². The Kier molecular flexibility index (Phi) is 5.77. The minimum Gasteiger partial charge on any atom is -0.296 e. The molecule has 0 saturated carbocycles. The Bertz CT molecular complexity index is 1150. The number of nitrogens with zero attached hydrogens (tertiary/aromatic N) is 3. The molecule has 0 radical (unpaired) electrons. The summed E-state index contributed by atoms with van der Waals surface area (Å²) in [5.74, 6) is -0.310. The van der Waals surface area contributed by atoms with Crippen molar-refractivity contribution in [2.75, 3.05) is 26.2 Å². The highest BCUT2D eigenvalue weighted by atomic mass is 35.5. The lowest BCUT2D eigenvalue weighted by molar-refractivity contribution is 0.182. The van der Waals surface area contributed by atoms with Crippen molar-refractivity contribution in [2.45, 2.75) is 11.4 Å². The van der Waals surface area contributed by atoms with Gasteiger partial charge in [0.2, 0.25) is 10.0 Å². The maximum absolute atomic E-state index is 14.0. The number of aromatic nitrogens is 1. The highest BCUT2D eigenvalue weighted by Gasteiger charge is 2.32. The second-order valence-corrected chi connectivity index (χ2v) is 9.56. The van der Waals surface area contributed by atoms with Gasteiger partial charge in [-0.1, -0.05) is 35.3 Å². The zero-order valence-electron chi connectivity index (χ0n) is 15.4. The van der Waals surface area contributed by atoms with Gasteiger partial charge in [0.15, 0.2) is 0 Å². The van der Waals surface area contributed by atoms with Gasteiger partial charge in [-0.3, -0.25) is 9.88 Å². The Morgan fingerprint density at radius 3 is 2.38 bits per heavy atom. The van der Waals surface area contributed by atoms with E-state index in [1.165, 1.54) is 28.6 Å². The van der Waals surface area contributed by atoms with Gasteiger partial charge in [-0.05, 0) is 35.9 Å². The SMILES string of the molecule is O=S(=O)(c1c(Cl)cccc1Cl)N1CCN(Cc2cc(F)cc3cccnc23)CC1. The molecular formula is C20H18Cl2FN3O2S. The summed E-state index contributed by atoms with van der Waals surface area (Å²) < 4.78 is 41.3. The average Bonchev–Trinajstić information content (AvgIpc) is 2.68. The van der Waals surface area contributed by atoms with Gasteiger partial charge in [0.05, 0.1) is 15.6 Å². The molecular weight excluding hydrogens is 436 g/mol. The molecule has 1 aliphatic rings. The van der Waals surface area contributed by atoms with Gasteiger partial charge in [-0.25, -0.2) is 12.8 Å². The smallest absolute Gasteiger partial charge is 0.246 e. The van der Waals surface area contributed by atoms with Crippen molar-refractivity contribution in [3.8, 4) is 0 Å². The highest BCUT2D eigenvalue weighted by molar-refractivity contribution is 7.89. The molecule has 1 aromatic heterocycles. The van der Waals surface area contributed by atoms with Crippen LogP contribution in [0, 0.1) is 5.82 Å². The fraction of sp³-hybridized carbons (Fsp3) is 0.250. The molecule has 152 valence electrons. The number of rotatable bonds is 4. The van der Waals surface area contributed by atoms with E-state index in [9.17, 15) is 12.8 Å². The lowest BCUT2D eigenvalue weighted by Gasteiger charge is -2.34. The summed E-state index contributed by atoms with van der Waals surface area (Å²) in [5.41, 5.74) is 1.54. The minimum atomic E-state index is -3.79. The molecule has 0 amide bonds. The molecule has 2 aromatic carbocycles. The topological polar surface area (TPSA) is 53.5 Å². The monoisotopic (exact) mass is 453 g/mol. The number of halogens is 3. The number of fused-ring (bicyclic) bond motifs is 1. The first-order valence-corrected chi connectivity index (χ1v) is 11.3. The van der Waals surface area contributed by atoms with E-state index in [4.69, 9.17) is 23.2 Å². The van der Waals surface area contributed by atoms with Crippen LogP contribution in [0.2, 0.25) is 10.0 Å². The number of hydrogen-bond donors (Lipinski definition) is 0. The predicted molar refractivity (Wildman–Crippen MR) is 112 cm³/mol. The average molecular weight is 454 g/mol. The van der Waals surface area contributed by atoms with Crippen LogP contribution in [-0.2, 0) is 16.6 Å². The van der Waals surface area contributed by atoms with Crippen LogP contribution in [-0.4, -0.2) is 48.8 Å². The van der Waals surface area contributed by atoms with E-state index in [2.05, 4.69) is 9.88 Å². The first kappa shape index (κ1) is 20.5. The summed E-state index contributed by atoms with van der Waals surface area (Å²) in [6.07, 6.45) is 1.68. The summed E-state index contributed by atoms with van der Waals surface area (Å²) in [6.45, 7) is 2.10. The summed E-state index contributed by atoms with van der Waals surface area (Å²) >= 11 is 12.2. The van der Waals surface area contributed by atoms with E-state index in [0.717, 1.165) is 16.5 Å². The highest BCUT2D eigenvalue weighted by Crippen LogP contribution is 2.32. The van der Waals surface area contributed by atoms with Gasteiger partial charge in [0.1, 0.15) is 10.7 Å². The first-order valence-electron chi connectivity index (χ1n) is 9.06. The molecule has 1 saturated heterocycles. The number of hydrogen-bond acceptors (Lipinski definition) is 4. The Morgan fingerprint density at radius 1 is 1.00 bits per heavy atom. The van der Waals surface area contributed by atoms with Crippen LogP contribution in [0.15, 0.2) is 53.6 Å². The number of pyridine rings is 1. The molecule has 29 heavy (non-hydrogen) atoms. The quantitative estimate of drug-likeness (QED) is 0.594. The third kappa shape index (κ3) is 4.11. The Balaban J connectivity index is 1.51. The molecule has 1 fully saturated rings. The van der Waals surface area contributed by atoms with Crippen LogP contribution in [0.25, 0.3) is 10.9 Å². The Hall–Kier alpha value is -1.77. The van der Waals surface area contributed by atoms with Crippen LogP contribution >= 0.6 is 23.2 Å². The lowest BCUT2D eigenvalue weighted by atomic mass is 10.1. The number of benzene rings is 2.